The lowest BCUT2D eigenvalue weighted by atomic mass is 10.0. The van der Waals surface area contributed by atoms with Gasteiger partial charge >= 0.3 is 0 Å². The molecule has 2 aromatic rings. The summed E-state index contributed by atoms with van der Waals surface area (Å²) in [6, 6.07) is 16.8. The molecule has 0 aliphatic rings. The van der Waals surface area contributed by atoms with Crippen LogP contribution in [0.3, 0.4) is 0 Å². The average molecular weight is 565 g/mol. The molecule has 2 heteroatoms. The zero-order valence-corrected chi connectivity index (χ0v) is 27.2. The lowest BCUT2D eigenvalue weighted by molar-refractivity contribution is 0.616. The lowest BCUT2D eigenvalue weighted by Gasteiger charge is -2.12. The van der Waals surface area contributed by atoms with Crippen LogP contribution >= 0.6 is 0 Å². The van der Waals surface area contributed by atoms with E-state index in [1.165, 1.54) is 70.6 Å². The molecule has 0 heterocycles. The van der Waals surface area contributed by atoms with Crippen molar-refractivity contribution in [2.75, 3.05) is 0 Å². The minimum absolute atomic E-state index is 0.940. The van der Waals surface area contributed by atoms with Gasteiger partial charge in [-0.3, -0.25) is 9.98 Å². The van der Waals surface area contributed by atoms with Crippen molar-refractivity contribution in [2.45, 2.75) is 143 Å². The molecule has 0 fully saturated rings. The van der Waals surface area contributed by atoms with Crippen LogP contribution in [0.15, 0.2) is 58.5 Å². The smallest absolute Gasteiger partial charge is 0.0646 e. The summed E-state index contributed by atoms with van der Waals surface area (Å²) < 4.78 is 0. The highest BCUT2D eigenvalue weighted by molar-refractivity contribution is 6.43. The van der Waals surface area contributed by atoms with Crippen LogP contribution < -0.4 is 0 Å². The summed E-state index contributed by atoms with van der Waals surface area (Å²) >= 11 is 0. The van der Waals surface area contributed by atoms with Gasteiger partial charge in [0.05, 0.1) is 22.8 Å². The van der Waals surface area contributed by atoms with Gasteiger partial charge < -0.3 is 0 Å². The van der Waals surface area contributed by atoms with E-state index in [1.807, 2.05) is 0 Å². The molecule has 0 radical (unpaired) electrons. The molecule has 2 aromatic carbocycles. The Bertz CT molecular complexity index is 1200. The van der Waals surface area contributed by atoms with E-state index in [4.69, 9.17) is 9.98 Å². The fourth-order valence-corrected chi connectivity index (χ4v) is 4.82. The number of aliphatic imine (C=N–C) groups is 2. The molecule has 0 aliphatic carbocycles. The third-order valence-electron chi connectivity index (χ3n) is 7.36. The van der Waals surface area contributed by atoms with Gasteiger partial charge in [0.25, 0.3) is 0 Å². The van der Waals surface area contributed by atoms with E-state index < -0.39 is 0 Å². The van der Waals surface area contributed by atoms with Crippen LogP contribution in [0.5, 0.6) is 0 Å². The highest BCUT2D eigenvalue weighted by Gasteiger charge is 2.11. The predicted octanol–water partition coefficient (Wildman–Crippen LogP) is 12.3. The molecule has 226 valence electrons. The van der Waals surface area contributed by atoms with Crippen LogP contribution in [0.25, 0.3) is 0 Å². The van der Waals surface area contributed by atoms with E-state index in [2.05, 4.69) is 99.9 Å². The highest BCUT2D eigenvalue weighted by atomic mass is 14.8. The zero-order chi connectivity index (χ0) is 30.1. The van der Waals surface area contributed by atoms with Crippen LogP contribution in [0.4, 0.5) is 11.4 Å². The maximum atomic E-state index is 5.25. The first-order valence-electron chi connectivity index (χ1n) is 17.0. The van der Waals surface area contributed by atoms with Crippen molar-refractivity contribution in [3.8, 4) is 23.7 Å². The summed E-state index contributed by atoms with van der Waals surface area (Å²) in [6.07, 6.45) is 21.0. The number of hydrogen-bond donors (Lipinski definition) is 0. The number of benzene rings is 2. The highest BCUT2D eigenvalue weighted by Crippen LogP contribution is 2.21. The Balaban J connectivity index is 2.36. The average Bonchev–Trinajstić information content (AvgIpc) is 3.00. The minimum atomic E-state index is 0.940. The van der Waals surface area contributed by atoms with Gasteiger partial charge in [-0.05, 0) is 74.9 Å². The molecular weight excluding hydrogens is 508 g/mol. The Hall–Kier alpha value is -3.10. The van der Waals surface area contributed by atoms with Crippen LogP contribution in [-0.2, 0) is 0 Å². The molecular formula is C40H56N2. The first-order chi connectivity index (χ1) is 20.7. The topological polar surface area (TPSA) is 24.7 Å². The van der Waals surface area contributed by atoms with Crippen LogP contribution in [-0.4, -0.2) is 11.4 Å². The second-order valence-corrected chi connectivity index (χ2v) is 11.4. The van der Waals surface area contributed by atoms with Gasteiger partial charge in [0.2, 0.25) is 0 Å². The van der Waals surface area contributed by atoms with Crippen LogP contribution in [0.1, 0.15) is 154 Å². The van der Waals surface area contributed by atoms with E-state index in [1.54, 1.807) is 0 Å². The molecule has 0 amide bonds. The third-order valence-corrected chi connectivity index (χ3v) is 7.36. The van der Waals surface area contributed by atoms with Crippen molar-refractivity contribution < 1.29 is 0 Å². The van der Waals surface area contributed by atoms with E-state index in [9.17, 15) is 0 Å². The molecule has 0 unspecified atom stereocenters. The van der Waals surface area contributed by atoms with Gasteiger partial charge in [-0.15, -0.1) is 0 Å². The van der Waals surface area contributed by atoms with Crippen molar-refractivity contribution in [1.82, 2.24) is 0 Å². The van der Waals surface area contributed by atoms with Gasteiger partial charge in [-0.25, -0.2) is 0 Å². The molecule has 42 heavy (non-hydrogen) atoms. The Morgan fingerprint density at radius 2 is 0.929 bits per heavy atom. The standard InChI is InChI=1S/C40H56N2/c1-5-9-13-16-19-22-32-40(42-38-30-24-28-36(34-38)26-21-18-15-11-7-3)39(31-12-8-4)41-37-29-23-27-35(33-37)25-20-17-14-10-6-2/h23-24,27-30,33-34H,5-19,22,31-32H2,1-4H3. The fraction of sp³-hybridized carbons (Fsp3) is 0.550. The molecule has 0 aliphatic heterocycles. The number of rotatable bonds is 19. The fourth-order valence-electron chi connectivity index (χ4n) is 4.82. The zero-order valence-electron chi connectivity index (χ0n) is 27.2. The summed E-state index contributed by atoms with van der Waals surface area (Å²) in [5.41, 5.74) is 6.29. The summed E-state index contributed by atoms with van der Waals surface area (Å²) in [6.45, 7) is 8.99. The molecule has 0 bridgehead atoms. The molecule has 2 nitrogen and oxygen atoms in total. The van der Waals surface area contributed by atoms with E-state index in [0.717, 1.165) is 78.9 Å². The monoisotopic (exact) mass is 564 g/mol. The number of hydrogen-bond acceptors (Lipinski definition) is 2. The van der Waals surface area contributed by atoms with Gasteiger partial charge in [-0.1, -0.05) is 128 Å². The molecule has 0 atom stereocenters. The first kappa shape index (κ1) is 35.1. The molecule has 0 aromatic heterocycles. The normalized spacial score (nSPS) is 11.5. The Labute approximate surface area is 258 Å². The Morgan fingerprint density at radius 1 is 0.500 bits per heavy atom. The largest absolute Gasteiger partial charge is 0.252 e. The lowest BCUT2D eigenvalue weighted by Crippen LogP contribution is -2.14. The molecule has 0 saturated heterocycles. The quantitative estimate of drug-likeness (QED) is 0.0921. The van der Waals surface area contributed by atoms with Gasteiger partial charge in [0.1, 0.15) is 0 Å². The second-order valence-electron chi connectivity index (χ2n) is 11.4. The maximum absolute atomic E-state index is 5.25. The molecule has 0 saturated carbocycles. The van der Waals surface area contributed by atoms with Gasteiger partial charge in [0.15, 0.2) is 0 Å². The van der Waals surface area contributed by atoms with Gasteiger partial charge in [0, 0.05) is 24.0 Å². The van der Waals surface area contributed by atoms with Crippen molar-refractivity contribution in [3.63, 3.8) is 0 Å². The van der Waals surface area contributed by atoms with Crippen LogP contribution in [0.2, 0.25) is 0 Å². The second kappa shape index (κ2) is 23.5. The van der Waals surface area contributed by atoms with E-state index in [0.29, 0.717) is 0 Å². The molecule has 2 rings (SSSR count). The SMILES string of the molecule is CCCCCC#Cc1cccc(N=C(CCCC)C(CCCCCCCC)=Nc2cccc(C#CCCCCC)c2)c1. The Kier molecular flexibility index (Phi) is 19.6. The van der Waals surface area contributed by atoms with Crippen LogP contribution in [0, 0.1) is 23.7 Å². The van der Waals surface area contributed by atoms with Crippen molar-refractivity contribution >= 4 is 22.8 Å². The van der Waals surface area contributed by atoms with Crippen molar-refractivity contribution in [1.29, 1.82) is 0 Å². The number of nitrogens with zero attached hydrogens (tertiary/aromatic N) is 2. The van der Waals surface area contributed by atoms with Crippen molar-refractivity contribution in [3.05, 3.63) is 59.7 Å². The molecule has 0 spiro atoms. The van der Waals surface area contributed by atoms with E-state index >= 15 is 0 Å². The predicted molar refractivity (Wildman–Crippen MR) is 187 cm³/mol. The minimum Gasteiger partial charge on any atom is -0.252 e. The molecule has 0 N–H and O–H groups in total. The summed E-state index contributed by atoms with van der Waals surface area (Å²) in [4.78, 5) is 10.5. The number of unbranched alkanes of at least 4 members (excludes halogenated alkanes) is 12. The summed E-state index contributed by atoms with van der Waals surface area (Å²) in [5, 5.41) is 0. The van der Waals surface area contributed by atoms with Crippen molar-refractivity contribution in [2.24, 2.45) is 9.98 Å². The third kappa shape index (κ3) is 15.8. The Morgan fingerprint density at radius 3 is 1.43 bits per heavy atom. The summed E-state index contributed by atoms with van der Waals surface area (Å²) in [7, 11) is 0. The summed E-state index contributed by atoms with van der Waals surface area (Å²) in [5.74, 6) is 13.4. The van der Waals surface area contributed by atoms with E-state index in [-0.39, 0.29) is 0 Å². The van der Waals surface area contributed by atoms with Gasteiger partial charge in [-0.2, -0.15) is 0 Å². The maximum Gasteiger partial charge on any atom is 0.0646 e. The first-order valence-corrected chi connectivity index (χ1v) is 17.0.